The van der Waals surface area contributed by atoms with Crippen molar-refractivity contribution < 1.29 is 16.8 Å². The molecule has 0 aromatic heterocycles. The van der Waals surface area contributed by atoms with Crippen molar-refractivity contribution in [2.75, 3.05) is 26.2 Å². The zero-order valence-corrected chi connectivity index (χ0v) is 17.4. The maximum Gasteiger partial charge on any atom is 0.243 e. The second kappa shape index (κ2) is 8.57. The van der Waals surface area contributed by atoms with Gasteiger partial charge in [0.05, 0.1) is 4.90 Å². The van der Waals surface area contributed by atoms with Gasteiger partial charge in [0.1, 0.15) is 0 Å². The van der Waals surface area contributed by atoms with Gasteiger partial charge in [-0.15, -0.1) is 0 Å². The molecule has 0 bridgehead atoms. The molecule has 8 heteroatoms. The lowest BCUT2D eigenvalue weighted by Gasteiger charge is -2.21. The minimum Gasteiger partial charge on any atom is -0.208 e. The Hall–Kier alpha value is -2.00. The van der Waals surface area contributed by atoms with E-state index in [0.717, 1.165) is 11.1 Å². The van der Waals surface area contributed by atoms with Crippen molar-refractivity contribution in [3.05, 3.63) is 71.1 Å². The first kappa shape index (κ1) is 20.7. The van der Waals surface area contributed by atoms with E-state index in [1.165, 1.54) is 14.0 Å². The van der Waals surface area contributed by atoms with E-state index >= 15 is 0 Å². The molecule has 1 saturated heterocycles. The highest BCUT2D eigenvalue weighted by Crippen LogP contribution is 2.20. The van der Waals surface area contributed by atoms with Crippen molar-refractivity contribution in [2.45, 2.75) is 18.2 Å². The van der Waals surface area contributed by atoms with Crippen LogP contribution in [0.3, 0.4) is 0 Å². The van der Waals surface area contributed by atoms with Crippen LogP contribution in [0, 0.1) is 6.92 Å². The van der Waals surface area contributed by atoms with Crippen molar-refractivity contribution in [3.63, 3.8) is 0 Å². The van der Waals surface area contributed by atoms with E-state index in [4.69, 9.17) is 0 Å². The molecule has 150 valence electrons. The Kier molecular flexibility index (Phi) is 6.34. The van der Waals surface area contributed by atoms with Crippen molar-refractivity contribution in [3.8, 4) is 0 Å². The fourth-order valence-electron chi connectivity index (χ4n) is 3.04. The summed E-state index contributed by atoms with van der Waals surface area (Å²) < 4.78 is 53.7. The van der Waals surface area contributed by atoms with Gasteiger partial charge in [-0.25, -0.2) is 16.8 Å². The lowest BCUT2D eigenvalue weighted by molar-refractivity contribution is 0.407. The largest absolute Gasteiger partial charge is 0.243 e. The third-order valence-corrected chi connectivity index (χ3v) is 8.14. The van der Waals surface area contributed by atoms with Gasteiger partial charge in [0.2, 0.25) is 20.0 Å². The molecule has 2 aromatic rings. The van der Waals surface area contributed by atoms with Crippen LogP contribution in [-0.4, -0.2) is 51.6 Å². The van der Waals surface area contributed by atoms with Crippen LogP contribution < -0.4 is 0 Å². The monoisotopic (exact) mass is 420 g/mol. The Morgan fingerprint density at radius 1 is 0.786 bits per heavy atom. The molecule has 0 atom stereocenters. The molecule has 1 aliphatic heterocycles. The van der Waals surface area contributed by atoms with Crippen molar-refractivity contribution in [2.24, 2.45) is 0 Å². The number of rotatable bonds is 5. The van der Waals surface area contributed by atoms with Crippen molar-refractivity contribution >= 4 is 26.1 Å². The van der Waals surface area contributed by atoms with E-state index in [9.17, 15) is 16.8 Å². The first-order valence-electron chi connectivity index (χ1n) is 9.09. The maximum atomic E-state index is 12.9. The molecule has 0 N–H and O–H groups in total. The molecule has 0 saturated carbocycles. The van der Waals surface area contributed by atoms with Crippen LogP contribution in [0.15, 0.2) is 64.9 Å². The highest BCUT2D eigenvalue weighted by Gasteiger charge is 2.29. The molecule has 0 radical (unpaired) electrons. The Morgan fingerprint density at radius 3 is 2.07 bits per heavy atom. The fraction of sp³-hybridized carbons (Fsp3) is 0.300. The Balaban J connectivity index is 1.72. The smallest absolute Gasteiger partial charge is 0.208 e. The van der Waals surface area contributed by atoms with E-state index in [1.807, 2.05) is 37.3 Å². The average molecular weight is 421 g/mol. The van der Waals surface area contributed by atoms with Gasteiger partial charge in [0.15, 0.2) is 0 Å². The summed E-state index contributed by atoms with van der Waals surface area (Å²) >= 11 is 0. The van der Waals surface area contributed by atoms with E-state index in [2.05, 4.69) is 0 Å². The lowest BCUT2D eigenvalue weighted by atomic mass is 10.2. The zero-order valence-electron chi connectivity index (χ0n) is 15.7. The summed E-state index contributed by atoms with van der Waals surface area (Å²) in [6, 6.07) is 15.9. The molecular weight excluding hydrogens is 396 g/mol. The predicted octanol–water partition coefficient (Wildman–Crippen LogP) is 2.69. The van der Waals surface area contributed by atoms with Gasteiger partial charge in [-0.2, -0.15) is 8.61 Å². The van der Waals surface area contributed by atoms with Crippen molar-refractivity contribution in [1.29, 1.82) is 0 Å². The number of sulfonamides is 2. The van der Waals surface area contributed by atoms with Gasteiger partial charge in [-0.3, -0.25) is 0 Å². The predicted molar refractivity (Wildman–Crippen MR) is 111 cm³/mol. The zero-order chi connectivity index (χ0) is 20.2. The van der Waals surface area contributed by atoms with Gasteiger partial charge in [-0.1, -0.05) is 48.0 Å². The topological polar surface area (TPSA) is 74.8 Å². The Bertz CT molecular complexity index is 1030. The number of benzene rings is 2. The number of nitrogens with zero attached hydrogens (tertiary/aromatic N) is 2. The number of aryl methyl sites for hydroxylation is 1. The Morgan fingerprint density at radius 2 is 1.39 bits per heavy atom. The summed E-state index contributed by atoms with van der Waals surface area (Å²) in [5.74, 6) is 0. The quantitative estimate of drug-likeness (QED) is 0.745. The second-order valence-corrected chi connectivity index (χ2v) is 10.5. The maximum absolute atomic E-state index is 12.9. The van der Waals surface area contributed by atoms with Crippen LogP contribution in [0.4, 0.5) is 0 Å². The van der Waals surface area contributed by atoms with Crippen LogP contribution in [-0.2, 0) is 20.0 Å². The van der Waals surface area contributed by atoms with Crippen LogP contribution in [0.25, 0.3) is 6.08 Å². The molecule has 2 aromatic carbocycles. The molecule has 0 aliphatic carbocycles. The first-order chi connectivity index (χ1) is 13.3. The average Bonchev–Trinajstić information content (AvgIpc) is 2.95. The van der Waals surface area contributed by atoms with Gasteiger partial charge in [0, 0.05) is 31.6 Å². The van der Waals surface area contributed by atoms with Gasteiger partial charge >= 0.3 is 0 Å². The molecule has 3 rings (SSSR count). The van der Waals surface area contributed by atoms with E-state index in [-0.39, 0.29) is 18.0 Å². The summed E-state index contributed by atoms with van der Waals surface area (Å²) in [5.41, 5.74) is 1.78. The van der Waals surface area contributed by atoms with E-state index in [1.54, 1.807) is 30.3 Å². The third kappa shape index (κ3) is 4.88. The molecule has 28 heavy (non-hydrogen) atoms. The molecule has 0 spiro atoms. The highest BCUT2D eigenvalue weighted by atomic mass is 32.2. The summed E-state index contributed by atoms with van der Waals surface area (Å²) in [4.78, 5) is 0.235. The van der Waals surface area contributed by atoms with Crippen LogP contribution >= 0.6 is 0 Å². The summed E-state index contributed by atoms with van der Waals surface area (Å²) in [6.45, 7) is 2.75. The first-order valence-corrected chi connectivity index (χ1v) is 12.0. The van der Waals surface area contributed by atoms with Gasteiger partial charge in [0.25, 0.3) is 0 Å². The van der Waals surface area contributed by atoms with Crippen LogP contribution in [0.5, 0.6) is 0 Å². The minimum absolute atomic E-state index is 0.132. The standard InChI is InChI=1S/C20H24N2O4S2/c1-18-8-10-20(11-9-18)28(25,26)22-14-5-13-21(15-16-22)27(23,24)17-12-19-6-3-2-4-7-19/h2-4,6-12,17H,5,13-16H2,1H3. The van der Waals surface area contributed by atoms with E-state index in [0.29, 0.717) is 19.5 Å². The lowest BCUT2D eigenvalue weighted by Crippen LogP contribution is -2.36. The van der Waals surface area contributed by atoms with Gasteiger partial charge < -0.3 is 0 Å². The molecule has 0 amide bonds. The summed E-state index contributed by atoms with van der Waals surface area (Å²) in [5, 5.41) is 1.19. The molecular formula is C20H24N2O4S2. The SMILES string of the molecule is Cc1ccc(S(=O)(=O)N2CCCN(S(=O)(=O)C=Cc3ccccc3)CC2)cc1. The molecule has 1 fully saturated rings. The second-order valence-electron chi connectivity index (χ2n) is 6.73. The molecule has 1 aliphatic rings. The fourth-order valence-corrected chi connectivity index (χ4v) is 5.73. The summed E-state index contributed by atoms with van der Waals surface area (Å²) in [6.07, 6.45) is 2.00. The van der Waals surface area contributed by atoms with E-state index < -0.39 is 20.0 Å². The number of hydrogen-bond donors (Lipinski definition) is 0. The van der Waals surface area contributed by atoms with Crippen molar-refractivity contribution in [1.82, 2.24) is 8.61 Å². The summed E-state index contributed by atoms with van der Waals surface area (Å²) in [7, 11) is -7.25. The minimum atomic E-state index is -3.63. The molecule has 6 nitrogen and oxygen atoms in total. The molecule has 1 heterocycles. The van der Waals surface area contributed by atoms with Gasteiger partial charge in [-0.05, 0) is 37.1 Å². The number of hydrogen-bond acceptors (Lipinski definition) is 4. The van der Waals surface area contributed by atoms with Crippen LogP contribution in [0.2, 0.25) is 0 Å². The molecule has 0 unspecified atom stereocenters. The Labute approximate surface area is 167 Å². The van der Waals surface area contributed by atoms with Crippen LogP contribution in [0.1, 0.15) is 17.5 Å². The third-order valence-electron chi connectivity index (χ3n) is 4.66. The normalized spacial score (nSPS) is 17.6. The highest BCUT2D eigenvalue weighted by molar-refractivity contribution is 7.92.